The summed E-state index contributed by atoms with van der Waals surface area (Å²) in [5, 5.41) is 9.57. The normalized spacial score (nSPS) is 11.8. The predicted molar refractivity (Wildman–Crippen MR) is 127 cm³/mol. The van der Waals surface area contributed by atoms with Gasteiger partial charge >= 0.3 is 0 Å². The number of hydrogen-bond acceptors (Lipinski definition) is 5. The van der Waals surface area contributed by atoms with Crippen LogP contribution in [0.5, 0.6) is 5.75 Å². The molecule has 0 saturated heterocycles. The largest absolute Gasteiger partial charge is 0.488 e. The highest BCUT2D eigenvalue weighted by Crippen LogP contribution is 2.28. The van der Waals surface area contributed by atoms with E-state index in [1.165, 1.54) is 0 Å². The van der Waals surface area contributed by atoms with E-state index in [9.17, 15) is 0 Å². The van der Waals surface area contributed by atoms with E-state index in [4.69, 9.17) is 4.74 Å². The highest BCUT2D eigenvalue weighted by Gasteiger charge is 2.17. The Hall–Kier alpha value is -3.18. The quantitative estimate of drug-likeness (QED) is 0.284. The van der Waals surface area contributed by atoms with Crippen molar-refractivity contribution in [1.82, 2.24) is 4.98 Å². The molecule has 0 atom stereocenters. The van der Waals surface area contributed by atoms with Gasteiger partial charge in [-0.25, -0.2) is 4.98 Å². The summed E-state index contributed by atoms with van der Waals surface area (Å²) in [6.45, 7) is 6.97. The van der Waals surface area contributed by atoms with Gasteiger partial charge in [-0.1, -0.05) is 81.4 Å². The van der Waals surface area contributed by atoms with E-state index in [2.05, 4.69) is 72.0 Å². The minimum atomic E-state index is 0.0220. The highest BCUT2D eigenvalue weighted by atomic mass is 32.1. The van der Waals surface area contributed by atoms with Crippen LogP contribution < -0.4 is 10.2 Å². The lowest BCUT2D eigenvalue weighted by atomic mass is 9.93. The number of fused-ring (bicyclic) bond motifs is 1. The van der Waals surface area contributed by atoms with E-state index in [0.29, 0.717) is 6.61 Å². The van der Waals surface area contributed by atoms with Gasteiger partial charge in [0.05, 0.1) is 11.9 Å². The van der Waals surface area contributed by atoms with Crippen molar-refractivity contribution in [2.75, 3.05) is 5.43 Å². The summed E-state index contributed by atoms with van der Waals surface area (Å²) in [5.74, 6) is 0.803. The van der Waals surface area contributed by atoms with Crippen molar-refractivity contribution in [3.63, 3.8) is 0 Å². The number of benzene rings is 3. The molecule has 0 spiro atoms. The fourth-order valence-electron chi connectivity index (χ4n) is 3.09. The standard InChI is InChI=1S/C25H25N3OS/c1-25(2,3)23-17-30-24(27-23)28-26-15-21-20-12-8-7-11-19(20)13-14-22(21)29-16-18-9-5-4-6-10-18/h4-15,17H,16H2,1-3H3,(H,27,28)/b26-15-. The number of ether oxygens (including phenoxy) is 1. The lowest BCUT2D eigenvalue weighted by Crippen LogP contribution is -2.11. The summed E-state index contributed by atoms with van der Waals surface area (Å²) in [6, 6.07) is 22.5. The highest BCUT2D eigenvalue weighted by molar-refractivity contribution is 7.13. The minimum absolute atomic E-state index is 0.0220. The average molecular weight is 416 g/mol. The van der Waals surface area contributed by atoms with Gasteiger partial charge < -0.3 is 4.74 Å². The molecule has 5 heteroatoms. The fraction of sp³-hybridized carbons (Fsp3) is 0.200. The van der Waals surface area contributed by atoms with Crippen molar-refractivity contribution < 1.29 is 4.74 Å². The number of rotatable bonds is 6. The Balaban J connectivity index is 1.59. The Kier molecular flexibility index (Phi) is 5.81. The van der Waals surface area contributed by atoms with Gasteiger partial charge in [-0.2, -0.15) is 5.10 Å². The molecular formula is C25H25N3OS. The minimum Gasteiger partial charge on any atom is -0.488 e. The van der Waals surface area contributed by atoms with Crippen LogP contribution in [0, 0.1) is 0 Å². The summed E-state index contributed by atoms with van der Waals surface area (Å²) < 4.78 is 6.15. The zero-order valence-electron chi connectivity index (χ0n) is 17.4. The molecule has 30 heavy (non-hydrogen) atoms. The van der Waals surface area contributed by atoms with Gasteiger partial charge in [0.25, 0.3) is 0 Å². The number of hydrogen-bond donors (Lipinski definition) is 1. The molecule has 152 valence electrons. The van der Waals surface area contributed by atoms with Gasteiger partial charge in [0.2, 0.25) is 5.13 Å². The molecule has 4 nitrogen and oxygen atoms in total. The van der Waals surface area contributed by atoms with Crippen LogP contribution in [0.15, 0.2) is 77.2 Å². The maximum absolute atomic E-state index is 6.15. The van der Waals surface area contributed by atoms with E-state index < -0.39 is 0 Å². The molecule has 4 rings (SSSR count). The lowest BCUT2D eigenvalue weighted by Gasteiger charge is -2.14. The summed E-state index contributed by atoms with van der Waals surface area (Å²) in [4.78, 5) is 4.64. The van der Waals surface area contributed by atoms with Crippen LogP contribution in [-0.4, -0.2) is 11.2 Å². The first kappa shape index (κ1) is 20.1. The van der Waals surface area contributed by atoms with Crippen LogP contribution in [0.2, 0.25) is 0 Å². The van der Waals surface area contributed by atoms with E-state index in [0.717, 1.165) is 38.5 Å². The first-order valence-corrected chi connectivity index (χ1v) is 10.8. The summed E-state index contributed by atoms with van der Waals surface area (Å²) in [7, 11) is 0. The van der Waals surface area contributed by atoms with Crippen LogP contribution in [0.25, 0.3) is 10.8 Å². The number of hydrazone groups is 1. The molecule has 0 fully saturated rings. The number of anilines is 1. The number of nitrogens with one attached hydrogen (secondary N) is 1. The molecule has 0 aliphatic carbocycles. The molecule has 1 aromatic heterocycles. The Morgan fingerprint density at radius 3 is 2.53 bits per heavy atom. The Labute approximate surface area is 181 Å². The van der Waals surface area contributed by atoms with Crippen molar-refractivity contribution in [2.45, 2.75) is 32.8 Å². The number of thiazole rings is 1. The fourth-order valence-corrected chi connectivity index (χ4v) is 3.98. The predicted octanol–water partition coefficient (Wildman–Crippen LogP) is 6.62. The third kappa shape index (κ3) is 4.69. The molecule has 0 amide bonds. The van der Waals surface area contributed by atoms with Crippen molar-refractivity contribution in [1.29, 1.82) is 0 Å². The van der Waals surface area contributed by atoms with Crippen LogP contribution in [0.4, 0.5) is 5.13 Å². The van der Waals surface area contributed by atoms with Gasteiger partial charge in [0.15, 0.2) is 0 Å². The first-order chi connectivity index (χ1) is 14.5. The third-order valence-corrected chi connectivity index (χ3v) is 5.54. The molecule has 0 aliphatic rings. The lowest BCUT2D eigenvalue weighted by molar-refractivity contribution is 0.306. The van der Waals surface area contributed by atoms with Crippen molar-refractivity contribution in [2.24, 2.45) is 5.10 Å². The van der Waals surface area contributed by atoms with Gasteiger partial charge in [-0.05, 0) is 22.4 Å². The maximum atomic E-state index is 6.15. The van der Waals surface area contributed by atoms with E-state index in [1.54, 1.807) is 11.3 Å². The number of nitrogens with zero attached hydrogens (tertiary/aromatic N) is 2. The average Bonchev–Trinajstić information content (AvgIpc) is 3.23. The molecule has 3 aromatic carbocycles. The van der Waals surface area contributed by atoms with Gasteiger partial charge in [-0.15, -0.1) is 11.3 Å². The topological polar surface area (TPSA) is 46.5 Å². The van der Waals surface area contributed by atoms with Crippen molar-refractivity contribution >= 4 is 33.5 Å². The van der Waals surface area contributed by atoms with E-state index >= 15 is 0 Å². The summed E-state index contributed by atoms with van der Waals surface area (Å²) in [6.07, 6.45) is 1.82. The molecule has 1 N–H and O–H groups in total. The molecule has 0 bridgehead atoms. The van der Waals surface area contributed by atoms with E-state index in [1.807, 2.05) is 42.6 Å². The van der Waals surface area contributed by atoms with Crippen molar-refractivity contribution in [3.8, 4) is 5.75 Å². The van der Waals surface area contributed by atoms with Crippen LogP contribution in [0.1, 0.15) is 37.6 Å². The monoisotopic (exact) mass is 415 g/mol. The Morgan fingerprint density at radius 1 is 1.00 bits per heavy atom. The van der Waals surface area contributed by atoms with Gasteiger partial charge in [0, 0.05) is 16.4 Å². The van der Waals surface area contributed by atoms with E-state index in [-0.39, 0.29) is 5.41 Å². The van der Waals surface area contributed by atoms with Crippen LogP contribution in [-0.2, 0) is 12.0 Å². The second-order valence-corrected chi connectivity index (χ2v) is 8.99. The zero-order chi connectivity index (χ0) is 21.0. The van der Waals surface area contributed by atoms with Crippen molar-refractivity contribution in [3.05, 3.63) is 88.9 Å². The van der Waals surface area contributed by atoms with Gasteiger partial charge in [0.1, 0.15) is 12.4 Å². The maximum Gasteiger partial charge on any atom is 0.203 e. The third-order valence-electron chi connectivity index (χ3n) is 4.79. The van der Waals surface area contributed by atoms with Crippen LogP contribution in [0.3, 0.4) is 0 Å². The SMILES string of the molecule is CC(C)(C)c1csc(N/N=C\c2c(OCc3ccccc3)ccc3ccccc23)n1. The molecule has 1 heterocycles. The van der Waals surface area contributed by atoms with Crippen LogP contribution >= 0.6 is 11.3 Å². The molecule has 4 aromatic rings. The zero-order valence-corrected chi connectivity index (χ0v) is 18.2. The first-order valence-electron chi connectivity index (χ1n) is 9.94. The smallest absolute Gasteiger partial charge is 0.203 e. The van der Waals surface area contributed by atoms with Gasteiger partial charge in [-0.3, -0.25) is 5.43 Å². The molecule has 0 saturated carbocycles. The Bertz CT molecular complexity index is 1160. The number of aromatic nitrogens is 1. The summed E-state index contributed by atoms with van der Waals surface area (Å²) >= 11 is 1.56. The molecule has 0 radical (unpaired) electrons. The second-order valence-electron chi connectivity index (χ2n) is 8.13. The molecule has 0 unspecified atom stereocenters. The Morgan fingerprint density at radius 2 is 1.77 bits per heavy atom. The second kappa shape index (κ2) is 8.67. The summed E-state index contributed by atoms with van der Waals surface area (Å²) in [5.41, 5.74) is 6.23. The molecule has 0 aliphatic heterocycles. The molecular weight excluding hydrogens is 390 g/mol.